The maximum Gasteiger partial charge on any atom is 0.342 e. The third-order valence-electron chi connectivity index (χ3n) is 5.08. The highest BCUT2D eigenvalue weighted by atomic mass is 35.5. The van der Waals surface area contributed by atoms with Crippen molar-refractivity contribution in [2.75, 3.05) is 14.2 Å². The summed E-state index contributed by atoms with van der Waals surface area (Å²) in [6, 6.07) is 8.00. The van der Waals surface area contributed by atoms with Crippen LogP contribution in [-0.2, 0) is 9.47 Å². The highest BCUT2D eigenvalue weighted by Crippen LogP contribution is 2.79. The average Bonchev–Trinajstić information content (AvgIpc) is 3.17. The molecule has 0 spiro atoms. The first-order valence-electron chi connectivity index (χ1n) is 7.09. The Balaban J connectivity index is 2.29. The fraction of sp³-hybridized carbons (Fsp3) is 0.400. The normalized spacial score (nSPS) is 31.4. The minimum Gasteiger partial charge on any atom is -0.317 e. The summed E-state index contributed by atoms with van der Waals surface area (Å²) in [5.41, 5.74) is 3.03. The van der Waals surface area contributed by atoms with Gasteiger partial charge in [-0.2, -0.15) is 10.5 Å². The van der Waals surface area contributed by atoms with Crippen molar-refractivity contribution in [2.45, 2.75) is 11.8 Å². The molecule has 3 N–H and O–H groups in total. The quantitative estimate of drug-likeness (QED) is 0.426. The zero-order valence-corrected chi connectivity index (χ0v) is 14.0. The largest absolute Gasteiger partial charge is 0.342 e. The number of hydrogen-bond donors (Lipinski definition) is 2. The monoisotopic (exact) mass is 362 g/mol. The van der Waals surface area contributed by atoms with Crippen molar-refractivity contribution in [1.29, 1.82) is 10.5 Å². The predicted octanol–water partition coefficient (Wildman–Crippen LogP) is -0.237. The lowest BCUT2D eigenvalue weighted by Gasteiger charge is -2.26. The molecule has 0 unspecified atom stereocenters. The minimum absolute atomic E-state index is 0.00665. The van der Waals surface area contributed by atoms with E-state index in [0.717, 1.165) is 0 Å². The van der Waals surface area contributed by atoms with Crippen LogP contribution in [-0.4, -0.2) is 30.9 Å². The molecular weight excluding hydrogens is 350 g/mol. The van der Waals surface area contributed by atoms with E-state index in [9.17, 15) is 20.6 Å². The molecule has 3 rings (SSSR count). The number of fused-ring (bicyclic) bond motifs is 1. The van der Waals surface area contributed by atoms with Crippen molar-refractivity contribution in [3.8, 4) is 12.1 Å². The molecule has 1 heterocycles. The van der Waals surface area contributed by atoms with Crippen LogP contribution in [0, 0.1) is 43.6 Å². The lowest BCUT2D eigenvalue weighted by Crippen LogP contribution is -2.90. The summed E-state index contributed by atoms with van der Waals surface area (Å²) < 4.78 is 10.8. The topological polar surface area (TPSA) is 149 Å². The molecule has 0 radical (unpaired) electrons. The summed E-state index contributed by atoms with van der Waals surface area (Å²) in [5, 5.41) is 31.0. The van der Waals surface area contributed by atoms with Gasteiger partial charge in [0, 0.05) is 37.3 Å². The summed E-state index contributed by atoms with van der Waals surface area (Å²) in [7, 11) is 2.61. The van der Waals surface area contributed by atoms with E-state index >= 15 is 0 Å². The van der Waals surface area contributed by atoms with E-state index in [2.05, 4.69) is 17.1 Å². The van der Waals surface area contributed by atoms with E-state index in [4.69, 9.17) is 26.8 Å². The number of nitrogens with one attached hydrogen (secondary N) is 1. The number of nitro groups is 1. The Morgan fingerprint density at radius 2 is 2.00 bits per heavy atom. The van der Waals surface area contributed by atoms with Gasteiger partial charge in [-0.05, 0) is 11.6 Å². The molecule has 0 amide bonds. The molecule has 0 saturated heterocycles. The van der Waals surface area contributed by atoms with Crippen LogP contribution in [0.1, 0.15) is 11.5 Å². The van der Waals surface area contributed by atoms with Gasteiger partial charge in [0.15, 0.2) is 10.8 Å². The van der Waals surface area contributed by atoms with Crippen LogP contribution in [0.3, 0.4) is 0 Å². The van der Waals surface area contributed by atoms with Crippen LogP contribution in [0.2, 0.25) is 5.02 Å². The first kappa shape index (κ1) is 17.1. The van der Waals surface area contributed by atoms with Gasteiger partial charge in [-0.1, -0.05) is 11.6 Å². The molecule has 1 aromatic carbocycles. The Labute approximate surface area is 147 Å². The number of halogens is 1. The Kier molecular flexibility index (Phi) is 3.52. The Morgan fingerprint density at radius 1 is 1.36 bits per heavy atom. The van der Waals surface area contributed by atoms with Crippen LogP contribution < -0.4 is 10.7 Å². The van der Waals surface area contributed by atoms with Crippen molar-refractivity contribution >= 4 is 23.1 Å². The highest BCUT2D eigenvalue weighted by Gasteiger charge is 2.97. The van der Waals surface area contributed by atoms with Gasteiger partial charge in [0.2, 0.25) is 0 Å². The first-order valence-corrected chi connectivity index (χ1v) is 7.47. The number of hydrogen-bond acceptors (Lipinski definition) is 7. The minimum atomic E-state index is -1.68. The van der Waals surface area contributed by atoms with E-state index in [-0.39, 0.29) is 22.1 Å². The predicted molar refractivity (Wildman–Crippen MR) is 83.8 cm³/mol. The Morgan fingerprint density at radius 3 is 2.48 bits per heavy atom. The number of non-ortho nitro benzene ring substituents is 1. The molecule has 10 heteroatoms. The van der Waals surface area contributed by atoms with Crippen LogP contribution >= 0.6 is 11.6 Å². The molecule has 0 aromatic heterocycles. The van der Waals surface area contributed by atoms with Gasteiger partial charge in [0.1, 0.15) is 0 Å². The lowest BCUT2D eigenvalue weighted by atomic mass is 9.93. The molecular formula is C15H13ClN5O4+. The van der Waals surface area contributed by atoms with Crippen molar-refractivity contribution < 1.29 is 19.4 Å². The van der Waals surface area contributed by atoms with E-state index in [1.54, 1.807) is 0 Å². The second-order valence-electron chi connectivity index (χ2n) is 5.80. The summed E-state index contributed by atoms with van der Waals surface area (Å²) in [6.07, 6.45) is 0. The number of nitriles is 2. The van der Waals surface area contributed by atoms with E-state index < -0.39 is 27.6 Å². The maximum absolute atomic E-state index is 11.1. The highest BCUT2D eigenvalue weighted by molar-refractivity contribution is 6.31. The summed E-state index contributed by atoms with van der Waals surface area (Å²) in [6.45, 7) is 0. The van der Waals surface area contributed by atoms with Crippen molar-refractivity contribution in [3.63, 3.8) is 0 Å². The number of nitro benzene ring substituents is 1. The molecule has 1 aliphatic heterocycles. The number of nitrogens with two attached hydrogens (primary N) is 1. The second kappa shape index (κ2) is 5.14. The van der Waals surface area contributed by atoms with Crippen molar-refractivity contribution in [2.24, 2.45) is 16.6 Å². The van der Waals surface area contributed by atoms with Crippen molar-refractivity contribution in [3.05, 3.63) is 38.9 Å². The molecule has 1 saturated carbocycles. The van der Waals surface area contributed by atoms with Gasteiger partial charge in [-0.25, -0.2) is 4.99 Å². The zero-order valence-electron chi connectivity index (χ0n) is 13.2. The standard InChI is InChI=1S/C15H12ClN5O4/c1-24-15(25-2)14(7-18)11(13(14,6-17)12(19)20-15)9-5-8(21(22)23)3-4-10(9)16/h3-5,11H,1-2H3,(H2,19,20)/p+1/t11-,13+,14+/m0/s1. The van der Waals surface area contributed by atoms with E-state index in [1.807, 2.05) is 0 Å². The smallest absolute Gasteiger partial charge is 0.317 e. The summed E-state index contributed by atoms with van der Waals surface area (Å²) >= 11 is 6.22. The van der Waals surface area contributed by atoms with E-state index in [0.29, 0.717) is 0 Å². The first-order chi connectivity index (χ1) is 11.8. The third kappa shape index (κ3) is 1.65. The molecule has 1 fully saturated rings. The zero-order chi connectivity index (χ0) is 18.6. The van der Waals surface area contributed by atoms with Crippen LogP contribution in [0.25, 0.3) is 0 Å². The Bertz CT molecular complexity index is 900. The summed E-state index contributed by atoms with van der Waals surface area (Å²) in [5.74, 6) is -2.54. The van der Waals surface area contributed by atoms with Crippen LogP contribution in [0.5, 0.6) is 0 Å². The lowest BCUT2D eigenvalue weighted by molar-refractivity contribution is -0.687. The van der Waals surface area contributed by atoms with Gasteiger partial charge in [0.25, 0.3) is 11.5 Å². The number of methoxy groups -OCH3 is 2. The van der Waals surface area contributed by atoms with Crippen LogP contribution in [0.4, 0.5) is 5.69 Å². The van der Waals surface area contributed by atoms with Gasteiger partial charge in [0.05, 0.1) is 17.1 Å². The van der Waals surface area contributed by atoms with Gasteiger partial charge in [-0.15, -0.1) is 0 Å². The molecule has 128 valence electrons. The third-order valence-corrected chi connectivity index (χ3v) is 5.42. The molecule has 1 aromatic rings. The maximum atomic E-state index is 11.1. The summed E-state index contributed by atoms with van der Waals surface area (Å²) in [4.78, 5) is 13.2. The van der Waals surface area contributed by atoms with Crippen LogP contribution in [0.15, 0.2) is 18.2 Å². The van der Waals surface area contributed by atoms with E-state index in [1.165, 1.54) is 32.4 Å². The number of benzene rings is 1. The van der Waals surface area contributed by atoms with Crippen molar-refractivity contribution in [1.82, 2.24) is 0 Å². The molecule has 2 aliphatic rings. The second-order valence-corrected chi connectivity index (χ2v) is 6.21. The fourth-order valence-corrected chi connectivity index (χ4v) is 4.17. The van der Waals surface area contributed by atoms with Gasteiger partial charge in [-0.3, -0.25) is 15.8 Å². The molecule has 1 aliphatic carbocycles. The number of rotatable bonds is 4. The number of ether oxygens (including phenoxy) is 2. The number of nitrogens with zero attached hydrogens (tertiary/aromatic N) is 3. The van der Waals surface area contributed by atoms with Gasteiger partial charge < -0.3 is 9.47 Å². The molecule has 3 atom stereocenters. The average molecular weight is 363 g/mol. The number of amidine groups is 1. The molecule has 25 heavy (non-hydrogen) atoms. The fourth-order valence-electron chi connectivity index (χ4n) is 3.95. The molecule has 9 nitrogen and oxygen atoms in total. The molecule has 0 bridgehead atoms. The SMILES string of the molecule is COC1(OC)[NH+]=C(N)[C@@]2(C#N)[C@H](c3cc([N+](=O)[O-])ccc3Cl)[C@@]12C#N. The Hall–Kier alpha value is -2.72. The van der Waals surface area contributed by atoms with Gasteiger partial charge >= 0.3 is 5.91 Å².